The first-order valence-electron chi connectivity index (χ1n) is 3.09. The number of ether oxygens (including phenoxy) is 2. The largest absolute Gasteiger partial charge is 0.516 e. The molecule has 0 N–H and O–H groups in total. The van der Waals surface area contributed by atoms with Crippen LogP contribution in [0.3, 0.4) is 0 Å². The highest BCUT2D eigenvalue weighted by Gasteiger charge is 2.23. The number of methoxy groups -OCH3 is 1. The number of aromatic nitrogens is 2. The topological polar surface area (TPSA) is 88.5 Å². The molecule has 13 heavy (non-hydrogen) atoms. The van der Waals surface area contributed by atoms with E-state index < -0.39 is 12.0 Å². The lowest BCUT2D eigenvalue weighted by Crippen LogP contribution is -2.27. The van der Waals surface area contributed by atoms with Crippen LogP contribution in [0.4, 0.5) is 4.79 Å². The molecule has 0 spiro atoms. The first-order valence-corrected chi connectivity index (χ1v) is 3.63. The van der Waals surface area contributed by atoms with Crippen LogP contribution < -0.4 is 9.64 Å². The van der Waals surface area contributed by atoms with Crippen molar-refractivity contribution in [2.45, 2.75) is 5.88 Å². The van der Waals surface area contributed by atoms with Crippen LogP contribution in [0.1, 0.15) is 5.69 Å². The molecule has 0 saturated heterocycles. The Hall–Kier alpha value is -1.50. The molecule has 0 radical (unpaired) electrons. The molecule has 72 valence electrons. The predicted octanol–water partition coefficient (Wildman–Crippen LogP) is 0.192. The van der Waals surface area contributed by atoms with E-state index in [1.807, 2.05) is 0 Å². The Morgan fingerprint density at radius 2 is 2.54 bits per heavy atom. The molecule has 8 heteroatoms. The molecular formula is C5H5ClN2O5. The Balaban J connectivity index is 2.85. The number of rotatable bonds is 2. The number of hydrogen-bond donors (Lipinski definition) is 0. The maximum absolute atomic E-state index is 10.7. The first kappa shape index (κ1) is 9.59. The van der Waals surface area contributed by atoms with E-state index in [0.29, 0.717) is 0 Å². The van der Waals surface area contributed by atoms with Crippen molar-refractivity contribution in [3.05, 3.63) is 10.9 Å². The van der Waals surface area contributed by atoms with Crippen LogP contribution in [-0.4, -0.2) is 18.4 Å². The molecule has 0 bridgehead atoms. The Labute approximate surface area is 77.3 Å². The zero-order valence-electron chi connectivity index (χ0n) is 6.52. The summed E-state index contributed by atoms with van der Waals surface area (Å²) in [6, 6.07) is 0. The van der Waals surface area contributed by atoms with Gasteiger partial charge >= 0.3 is 12.0 Å². The van der Waals surface area contributed by atoms with Crippen molar-refractivity contribution < 1.29 is 23.8 Å². The molecule has 0 aliphatic rings. The molecule has 0 atom stereocenters. The smallest absolute Gasteiger partial charge is 0.437 e. The van der Waals surface area contributed by atoms with Crippen LogP contribution in [0, 0.1) is 5.21 Å². The van der Waals surface area contributed by atoms with Crippen LogP contribution in [0.2, 0.25) is 0 Å². The number of alkyl halides is 1. The van der Waals surface area contributed by atoms with Gasteiger partial charge in [-0.3, -0.25) is 4.63 Å². The van der Waals surface area contributed by atoms with E-state index in [2.05, 4.69) is 19.3 Å². The van der Waals surface area contributed by atoms with Crippen molar-refractivity contribution in [3.8, 4) is 5.88 Å². The molecule has 0 aliphatic heterocycles. The summed E-state index contributed by atoms with van der Waals surface area (Å²) < 4.78 is 12.7. The van der Waals surface area contributed by atoms with Crippen molar-refractivity contribution in [3.63, 3.8) is 0 Å². The Morgan fingerprint density at radius 1 is 1.85 bits per heavy atom. The predicted molar refractivity (Wildman–Crippen MR) is 38.1 cm³/mol. The SMILES string of the molecule is COC(=O)Oc1c(CCl)no[n+]1[O-]. The van der Waals surface area contributed by atoms with Gasteiger partial charge in [-0.1, -0.05) is 0 Å². The highest BCUT2D eigenvalue weighted by Crippen LogP contribution is 2.12. The third-order valence-corrected chi connectivity index (χ3v) is 1.36. The third kappa shape index (κ3) is 2.00. The van der Waals surface area contributed by atoms with Crippen molar-refractivity contribution >= 4 is 17.8 Å². The lowest BCUT2D eigenvalue weighted by atomic mass is 10.5. The monoisotopic (exact) mass is 208 g/mol. The highest BCUT2D eigenvalue weighted by atomic mass is 35.5. The molecule has 0 unspecified atom stereocenters. The van der Waals surface area contributed by atoms with E-state index in [1.54, 1.807) is 0 Å². The summed E-state index contributed by atoms with van der Waals surface area (Å²) >= 11 is 5.37. The first-order chi connectivity index (χ1) is 6.19. The summed E-state index contributed by atoms with van der Waals surface area (Å²) in [5.74, 6) is -0.521. The molecule has 0 saturated carbocycles. The second kappa shape index (κ2) is 3.94. The van der Waals surface area contributed by atoms with Gasteiger partial charge in [-0.05, 0) is 4.90 Å². The number of carbonyl (C=O) groups excluding carboxylic acids is 1. The quantitative estimate of drug-likeness (QED) is 0.392. The lowest BCUT2D eigenvalue weighted by Gasteiger charge is -1.97. The van der Waals surface area contributed by atoms with Gasteiger partial charge in [0.2, 0.25) is 0 Å². The summed E-state index contributed by atoms with van der Waals surface area (Å²) in [6.07, 6.45) is -1.04. The molecule has 1 aromatic rings. The van der Waals surface area contributed by atoms with E-state index >= 15 is 0 Å². The Bertz CT molecular complexity index is 312. The van der Waals surface area contributed by atoms with E-state index in [9.17, 15) is 10.0 Å². The van der Waals surface area contributed by atoms with Crippen molar-refractivity contribution in [1.82, 2.24) is 5.16 Å². The second-order valence-electron chi connectivity index (χ2n) is 1.87. The lowest BCUT2D eigenvalue weighted by molar-refractivity contribution is -0.804. The summed E-state index contributed by atoms with van der Waals surface area (Å²) in [4.78, 5) is 10.5. The summed E-state index contributed by atoms with van der Waals surface area (Å²) in [6.45, 7) is 0. The third-order valence-electron chi connectivity index (χ3n) is 1.11. The van der Waals surface area contributed by atoms with Gasteiger partial charge < -0.3 is 14.7 Å². The van der Waals surface area contributed by atoms with Gasteiger partial charge in [0.15, 0.2) is 0 Å². The molecule has 0 amide bonds. The van der Waals surface area contributed by atoms with Gasteiger partial charge in [0.1, 0.15) is 0 Å². The zero-order valence-corrected chi connectivity index (χ0v) is 7.28. The van der Waals surface area contributed by atoms with Gasteiger partial charge in [0, 0.05) is 5.16 Å². The molecule has 1 aromatic heterocycles. The standard InChI is InChI=1S/C5H5ClN2O5/c1-11-5(9)12-4-3(2-6)7-13-8(4)10/h2H2,1H3. The molecule has 1 heterocycles. The Morgan fingerprint density at radius 3 is 3.08 bits per heavy atom. The van der Waals surface area contributed by atoms with Gasteiger partial charge in [0.25, 0.3) is 5.69 Å². The minimum Gasteiger partial charge on any atom is -0.437 e. The fourth-order valence-electron chi connectivity index (χ4n) is 0.566. The van der Waals surface area contributed by atoms with Gasteiger partial charge in [0.05, 0.1) is 13.0 Å². The summed E-state index contributed by atoms with van der Waals surface area (Å²) in [7, 11) is 1.10. The number of hydrogen-bond acceptors (Lipinski definition) is 6. The maximum Gasteiger partial charge on any atom is 0.516 e. The minimum atomic E-state index is -1.04. The van der Waals surface area contributed by atoms with Crippen LogP contribution in [0.5, 0.6) is 5.88 Å². The summed E-state index contributed by atoms with van der Waals surface area (Å²) in [5, 5.41) is 14.0. The normalized spacial score (nSPS) is 9.69. The van der Waals surface area contributed by atoms with E-state index in [4.69, 9.17) is 11.6 Å². The van der Waals surface area contributed by atoms with Crippen LogP contribution in [-0.2, 0) is 10.6 Å². The van der Waals surface area contributed by atoms with Crippen molar-refractivity contribution in [1.29, 1.82) is 0 Å². The van der Waals surface area contributed by atoms with Crippen molar-refractivity contribution in [2.24, 2.45) is 0 Å². The second-order valence-corrected chi connectivity index (χ2v) is 2.14. The molecule has 0 aromatic carbocycles. The molecular weight excluding hydrogens is 204 g/mol. The van der Waals surface area contributed by atoms with E-state index in [-0.39, 0.29) is 16.5 Å². The van der Waals surface area contributed by atoms with Gasteiger partial charge in [-0.25, -0.2) is 4.79 Å². The average molecular weight is 209 g/mol. The van der Waals surface area contributed by atoms with Crippen LogP contribution >= 0.6 is 11.6 Å². The van der Waals surface area contributed by atoms with Crippen LogP contribution in [0.15, 0.2) is 4.63 Å². The number of nitrogens with zero attached hydrogens (tertiary/aromatic N) is 2. The van der Waals surface area contributed by atoms with Crippen LogP contribution in [0.25, 0.3) is 0 Å². The fraction of sp³-hybridized carbons (Fsp3) is 0.400. The van der Waals surface area contributed by atoms with Gasteiger partial charge in [-0.15, -0.1) is 11.6 Å². The maximum atomic E-state index is 10.7. The van der Waals surface area contributed by atoms with Gasteiger partial charge in [-0.2, -0.15) is 0 Å². The average Bonchev–Trinajstić information content (AvgIpc) is 2.48. The fourth-order valence-corrected chi connectivity index (χ4v) is 0.729. The molecule has 0 aliphatic carbocycles. The Kier molecular flexibility index (Phi) is 2.91. The zero-order chi connectivity index (χ0) is 9.84. The molecule has 7 nitrogen and oxygen atoms in total. The minimum absolute atomic E-state index is 0.0297. The summed E-state index contributed by atoms with van der Waals surface area (Å²) in [5.41, 5.74) is 0.0297. The molecule has 0 fully saturated rings. The number of carbonyl (C=O) groups is 1. The van der Waals surface area contributed by atoms with E-state index in [0.717, 1.165) is 7.11 Å². The highest BCUT2D eigenvalue weighted by molar-refractivity contribution is 6.17. The van der Waals surface area contributed by atoms with Crippen molar-refractivity contribution in [2.75, 3.05) is 7.11 Å². The molecule has 1 rings (SSSR count). The van der Waals surface area contributed by atoms with E-state index in [1.165, 1.54) is 0 Å². The number of halogens is 1.